The van der Waals surface area contributed by atoms with Crippen molar-refractivity contribution in [2.75, 3.05) is 32.7 Å². The van der Waals surface area contributed by atoms with E-state index >= 15 is 0 Å². The van der Waals surface area contributed by atoms with Gasteiger partial charge in [0.2, 0.25) is 0 Å². The molecule has 1 aromatic heterocycles. The fourth-order valence-electron chi connectivity index (χ4n) is 4.04. The number of para-hydroxylation sites is 1. The van der Waals surface area contributed by atoms with Crippen LogP contribution in [0.1, 0.15) is 35.4 Å². The summed E-state index contributed by atoms with van der Waals surface area (Å²) in [4.78, 5) is 16.9. The van der Waals surface area contributed by atoms with Crippen molar-refractivity contribution in [3.8, 4) is 0 Å². The van der Waals surface area contributed by atoms with Gasteiger partial charge in [0.25, 0.3) is 5.91 Å². The lowest BCUT2D eigenvalue weighted by Crippen LogP contribution is -2.45. The number of hydrogen-bond acceptors (Lipinski definition) is 4. The Morgan fingerprint density at radius 3 is 2.75 bits per heavy atom. The fourth-order valence-corrected chi connectivity index (χ4v) is 4.04. The van der Waals surface area contributed by atoms with Gasteiger partial charge in [-0.15, -0.1) is 0 Å². The van der Waals surface area contributed by atoms with Gasteiger partial charge in [0.1, 0.15) is 5.58 Å². The van der Waals surface area contributed by atoms with Gasteiger partial charge < -0.3 is 19.3 Å². The van der Waals surface area contributed by atoms with Crippen molar-refractivity contribution in [2.24, 2.45) is 0 Å². The molecule has 0 unspecified atom stereocenters. The van der Waals surface area contributed by atoms with Gasteiger partial charge in [-0.05, 0) is 45.3 Å². The second-order valence-corrected chi connectivity index (χ2v) is 7.24. The molecule has 2 aliphatic heterocycles. The first-order chi connectivity index (χ1) is 11.6. The quantitative estimate of drug-likeness (QED) is 0.940. The van der Waals surface area contributed by atoms with Crippen molar-refractivity contribution >= 4 is 16.9 Å². The summed E-state index contributed by atoms with van der Waals surface area (Å²) in [6, 6.07) is 7.71. The molecule has 1 atom stereocenters. The summed E-state index contributed by atoms with van der Waals surface area (Å²) in [5.74, 6) is 0.294. The molecule has 1 amide bonds. The SMILES string of the molecule is Cc1c(C(=O)N2CC[C@](O)(CN3CCCC3)C2)oc2ccccc12. The van der Waals surface area contributed by atoms with E-state index in [0.29, 0.717) is 31.8 Å². The van der Waals surface area contributed by atoms with Crippen molar-refractivity contribution in [3.63, 3.8) is 0 Å². The Morgan fingerprint density at radius 1 is 1.25 bits per heavy atom. The van der Waals surface area contributed by atoms with Crippen LogP contribution in [0.5, 0.6) is 0 Å². The number of fused-ring (bicyclic) bond motifs is 1. The zero-order valence-electron chi connectivity index (χ0n) is 14.1. The molecule has 1 aromatic carbocycles. The average molecular weight is 328 g/mol. The normalized spacial score (nSPS) is 25.0. The van der Waals surface area contributed by atoms with Gasteiger partial charge >= 0.3 is 0 Å². The molecule has 128 valence electrons. The van der Waals surface area contributed by atoms with Crippen LogP contribution in [0.25, 0.3) is 11.0 Å². The van der Waals surface area contributed by atoms with Crippen LogP contribution in [0.4, 0.5) is 0 Å². The molecule has 0 bridgehead atoms. The van der Waals surface area contributed by atoms with Gasteiger partial charge in [0.05, 0.1) is 12.1 Å². The van der Waals surface area contributed by atoms with E-state index in [2.05, 4.69) is 4.90 Å². The second kappa shape index (κ2) is 5.90. The van der Waals surface area contributed by atoms with Crippen molar-refractivity contribution < 1.29 is 14.3 Å². The molecule has 0 aliphatic carbocycles. The molecule has 4 rings (SSSR count). The third-order valence-electron chi connectivity index (χ3n) is 5.37. The number of rotatable bonds is 3. The fraction of sp³-hybridized carbons (Fsp3) is 0.526. The number of aryl methyl sites for hydroxylation is 1. The van der Waals surface area contributed by atoms with Gasteiger partial charge in [-0.2, -0.15) is 0 Å². The number of nitrogens with zero attached hydrogens (tertiary/aromatic N) is 2. The van der Waals surface area contributed by atoms with Crippen LogP contribution in [0.2, 0.25) is 0 Å². The van der Waals surface area contributed by atoms with Gasteiger partial charge in [0, 0.05) is 24.0 Å². The van der Waals surface area contributed by atoms with Crippen LogP contribution in [0.3, 0.4) is 0 Å². The van der Waals surface area contributed by atoms with E-state index < -0.39 is 5.60 Å². The Balaban J connectivity index is 1.51. The van der Waals surface area contributed by atoms with E-state index in [-0.39, 0.29) is 5.91 Å². The molecule has 1 N–H and O–H groups in total. The summed E-state index contributed by atoms with van der Waals surface area (Å²) in [7, 11) is 0. The lowest BCUT2D eigenvalue weighted by Gasteiger charge is -2.28. The minimum absolute atomic E-state index is 0.110. The van der Waals surface area contributed by atoms with Gasteiger partial charge in [-0.1, -0.05) is 18.2 Å². The van der Waals surface area contributed by atoms with Crippen molar-refractivity contribution in [3.05, 3.63) is 35.6 Å². The lowest BCUT2D eigenvalue weighted by molar-refractivity contribution is 0.0171. The number of furan rings is 1. The smallest absolute Gasteiger partial charge is 0.289 e. The monoisotopic (exact) mass is 328 g/mol. The number of amides is 1. The van der Waals surface area contributed by atoms with Crippen LogP contribution < -0.4 is 0 Å². The Morgan fingerprint density at radius 2 is 2.00 bits per heavy atom. The Labute approximate surface area is 141 Å². The molecule has 5 heteroatoms. The molecule has 3 heterocycles. The molecular weight excluding hydrogens is 304 g/mol. The number of hydrogen-bond donors (Lipinski definition) is 1. The first kappa shape index (κ1) is 15.7. The maximum absolute atomic E-state index is 12.9. The summed E-state index contributed by atoms with van der Waals surface area (Å²) in [5, 5.41) is 11.8. The van der Waals surface area contributed by atoms with Crippen molar-refractivity contribution in [2.45, 2.75) is 31.8 Å². The molecule has 2 aliphatic rings. The van der Waals surface area contributed by atoms with Crippen LogP contribution in [-0.2, 0) is 0 Å². The van der Waals surface area contributed by atoms with Crippen molar-refractivity contribution in [1.82, 2.24) is 9.80 Å². The highest BCUT2D eigenvalue weighted by Crippen LogP contribution is 2.29. The largest absolute Gasteiger partial charge is 0.451 e. The molecule has 5 nitrogen and oxygen atoms in total. The van der Waals surface area contributed by atoms with Crippen molar-refractivity contribution in [1.29, 1.82) is 0 Å². The predicted octanol–water partition coefficient (Wildman–Crippen LogP) is 2.41. The maximum atomic E-state index is 12.9. The van der Waals surface area contributed by atoms with Gasteiger partial charge in [-0.3, -0.25) is 4.79 Å². The van der Waals surface area contributed by atoms with E-state index in [0.717, 1.165) is 29.6 Å². The van der Waals surface area contributed by atoms with Crippen LogP contribution >= 0.6 is 0 Å². The highest BCUT2D eigenvalue weighted by molar-refractivity contribution is 5.99. The molecule has 24 heavy (non-hydrogen) atoms. The standard InChI is InChI=1S/C19H24N2O3/c1-14-15-6-2-3-7-16(15)24-17(14)18(22)21-11-8-19(23,13-21)12-20-9-4-5-10-20/h2-3,6-7,23H,4-5,8-13H2,1H3/t19-/m0/s1. The number of β-amino-alcohol motifs (C(OH)–C–C–N with tert-alkyl or cyclic N) is 1. The average Bonchev–Trinajstić information content (AvgIpc) is 3.28. The van der Waals surface area contributed by atoms with E-state index in [9.17, 15) is 9.90 Å². The zero-order chi connectivity index (χ0) is 16.7. The van der Waals surface area contributed by atoms with Gasteiger partial charge in [-0.25, -0.2) is 0 Å². The number of carbonyl (C=O) groups excluding carboxylic acids is 1. The van der Waals surface area contributed by atoms with Crippen LogP contribution in [0, 0.1) is 6.92 Å². The molecule has 2 saturated heterocycles. The van der Waals surface area contributed by atoms with Crippen LogP contribution in [0.15, 0.2) is 28.7 Å². The molecule has 0 saturated carbocycles. The maximum Gasteiger partial charge on any atom is 0.289 e. The highest BCUT2D eigenvalue weighted by Gasteiger charge is 2.41. The zero-order valence-corrected chi connectivity index (χ0v) is 14.1. The number of aliphatic hydroxyl groups is 1. The Kier molecular flexibility index (Phi) is 3.85. The molecule has 2 aromatic rings. The summed E-state index contributed by atoms with van der Waals surface area (Å²) in [6.07, 6.45) is 3.04. The summed E-state index contributed by atoms with van der Waals surface area (Å²) >= 11 is 0. The van der Waals surface area contributed by atoms with E-state index in [1.165, 1.54) is 12.8 Å². The topological polar surface area (TPSA) is 56.9 Å². The summed E-state index contributed by atoms with van der Waals surface area (Å²) in [5.41, 5.74) is 0.829. The van der Waals surface area contributed by atoms with Crippen LogP contribution in [-0.4, -0.2) is 59.1 Å². The molecule has 0 spiro atoms. The first-order valence-electron chi connectivity index (χ1n) is 8.78. The number of carbonyl (C=O) groups is 1. The second-order valence-electron chi connectivity index (χ2n) is 7.24. The van der Waals surface area contributed by atoms with E-state index in [1.54, 1.807) is 4.90 Å². The Bertz CT molecular complexity index is 763. The highest BCUT2D eigenvalue weighted by atomic mass is 16.3. The Hall–Kier alpha value is -1.85. The molecular formula is C19H24N2O3. The third-order valence-corrected chi connectivity index (χ3v) is 5.37. The third kappa shape index (κ3) is 2.72. The summed E-state index contributed by atoms with van der Waals surface area (Å²) < 4.78 is 5.79. The van der Waals surface area contributed by atoms with E-state index in [4.69, 9.17) is 4.42 Å². The van der Waals surface area contributed by atoms with E-state index in [1.807, 2.05) is 31.2 Å². The molecule has 2 fully saturated rings. The molecule has 0 radical (unpaired) electrons. The number of benzene rings is 1. The number of likely N-dealkylation sites (tertiary alicyclic amines) is 2. The minimum atomic E-state index is -0.792. The predicted molar refractivity (Wildman–Crippen MR) is 92.1 cm³/mol. The summed E-state index contributed by atoms with van der Waals surface area (Å²) in [6.45, 7) is 5.66. The minimum Gasteiger partial charge on any atom is -0.451 e. The van der Waals surface area contributed by atoms with Gasteiger partial charge in [0.15, 0.2) is 5.76 Å². The first-order valence-corrected chi connectivity index (χ1v) is 8.78. The lowest BCUT2D eigenvalue weighted by atomic mass is 10.0.